The van der Waals surface area contributed by atoms with Crippen LogP contribution in [-0.4, -0.2) is 35.9 Å². The SMILES string of the molecule is CC1(C)CC(=Cc2cnc(-c3cc(F)c(-n4cccn4)cc3O)cn2)CC(C)(C)N1. The molecule has 1 fully saturated rings. The van der Waals surface area contributed by atoms with Gasteiger partial charge < -0.3 is 10.4 Å². The molecule has 30 heavy (non-hydrogen) atoms. The molecule has 3 aromatic rings. The van der Waals surface area contributed by atoms with Crippen LogP contribution >= 0.6 is 0 Å². The second kappa shape index (κ2) is 7.32. The van der Waals surface area contributed by atoms with Crippen LogP contribution in [0.15, 0.2) is 48.6 Å². The van der Waals surface area contributed by atoms with Crippen LogP contribution in [0.25, 0.3) is 23.0 Å². The number of aromatic nitrogens is 4. The number of hydrogen-bond donors (Lipinski definition) is 2. The Balaban J connectivity index is 1.61. The van der Waals surface area contributed by atoms with E-state index < -0.39 is 5.82 Å². The Morgan fingerprint density at radius 1 is 1.10 bits per heavy atom. The highest BCUT2D eigenvalue weighted by molar-refractivity contribution is 5.69. The van der Waals surface area contributed by atoms with Gasteiger partial charge in [0.05, 0.1) is 23.8 Å². The normalized spacial score (nSPS) is 17.7. The van der Waals surface area contributed by atoms with Crippen molar-refractivity contribution in [3.63, 3.8) is 0 Å². The maximum Gasteiger partial charge on any atom is 0.149 e. The van der Waals surface area contributed by atoms with Crippen LogP contribution in [0.5, 0.6) is 5.75 Å². The quantitative estimate of drug-likeness (QED) is 0.669. The highest BCUT2D eigenvalue weighted by Gasteiger charge is 2.34. The number of benzene rings is 1. The van der Waals surface area contributed by atoms with E-state index in [1.807, 2.05) is 0 Å². The van der Waals surface area contributed by atoms with Crippen molar-refractivity contribution in [1.82, 2.24) is 25.1 Å². The van der Waals surface area contributed by atoms with Gasteiger partial charge in [0.1, 0.15) is 17.3 Å². The molecule has 0 aliphatic carbocycles. The number of phenols is 1. The fourth-order valence-corrected chi connectivity index (χ4v) is 4.41. The standard InChI is InChI=1S/C23H26FN5O/c1-22(2)11-15(12-23(3,4)28-22)8-16-13-26-19(14-25-16)17-9-18(24)20(10-21(17)30)29-7-5-6-27-29/h5-10,13-14,28,30H,11-12H2,1-4H3. The van der Waals surface area contributed by atoms with Crippen LogP contribution in [-0.2, 0) is 0 Å². The summed E-state index contributed by atoms with van der Waals surface area (Å²) in [5.41, 5.74) is 2.96. The van der Waals surface area contributed by atoms with Crippen molar-refractivity contribution in [2.75, 3.05) is 0 Å². The number of aromatic hydroxyl groups is 1. The molecule has 0 saturated carbocycles. The second-order valence-corrected chi connectivity index (χ2v) is 9.15. The van der Waals surface area contributed by atoms with Crippen molar-refractivity contribution in [3.8, 4) is 22.7 Å². The first-order valence-corrected chi connectivity index (χ1v) is 9.96. The Bertz CT molecular complexity index is 1070. The molecule has 0 amide bonds. The van der Waals surface area contributed by atoms with Gasteiger partial charge in [0.15, 0.2) is 0 Å². The summed E-state index contributed by atoms with van der Waals surface area (Å²) in [6, 6.07) is 4.29. The van der Waals surface area contributed by atoms with Gasteiger partial charge in [0.2, 0.25) is 0 Å². The minimum atomic E-state index is -0.501. The molecule has 2 aromatic heterocycles. The van der Waals surface area contributed by atoms with E-state index in [4.69, 9.17) is 0 Å². The molecule has 1 saturated heterocycles. The van der Waals surface area contributed by atoms with E-state index in [1.165, 1.54) is 22.4 Å². The second-order valence-electron chi connectivity index (χ2n) is 9.15. The summed E-state index contributed by atoms with van der Waals surface area (Å²) >= 11 is 0. The van der Waals surface area contributed by atoms with Gasteiger partial charge in [-0.1, -0.05) is 5.57 Å². The van der Waals surface area contributed by atoms with Gasteiger partial charge in [-0.15, -0.1) is 0 Å². The molecule has 0 spiro atoms. The fourth-order valence-electron chi connectivity index (χ4n) is 4.41. The van der Waals surface area contributed by atoms with E-state index >= 15 is 0 Å². The van der Waals surface area contributed by atoms with Crippen molar-refractivity contribution >= 4 is 6.08 Å². The molecule has 0 unspecified atom stereocenters. The predicted octanol–water partition coefficient (Wildman–Crippen LogP) is 4.50. The minimum Gasteiger partial charge on any atom is -0.507 e. The smallest absolute Gasteiger partial charge is 0.149 e. The molecule has 1 aliphatic heterocycles. The molecule has 3 heterocycles. The Morgan fingerprint density at radius 3 is 2.43 bits per heavy atom. The van der Waals surface area contributed by atoms with Crippen LogP contribution in [0.1, 0.15) is 46.2 Å². The highest BCUT2D eigenvalue weighted by atomic mass is 19.1. The fraction of sp³-hybridized carbons (Fsp3) is 0.348. The summed E-state index contributed by atoms with van der Waals surface area (Å²) in [6.07, 6.45) is 10.3. The number of hydrogen-bond acceptors (Lipinski definition) is 5. The van der Waals surface area contributed by atoms with E-state index in [1.54, 1.807) is 30.9 Å². The summed E-state index contributed by atoms with van der Waals surface area (Å²) < 4.78 is 15.9. The third-order valence-electron chi connectivity index (χ3n) is 5.13. The van der Waals surface area contributed by atoms with Gasteiger partial charge in [-0.3, -0.25) is 9.97 Å². The number of piperidine rings is 1. The summed E-state index contributed by atoms with van der Waals surface area (Å²) in [6.45, 7) is 8.78. The lowest BCUT2D eigenvalue weighted by molar-refractivity contribution is 0.224. The van der Waals surface area contributed by atoms with Gasteiger partial charge in [-0.2, -0.15) is 5.10 Å². The topological polar surface area (TPSA) is 75.9 Å². The molecule has 7 heteroatoms. The molecule has 0 radical (unpaired) electrons. The summed E-state index contributed by atoms with van der Waals surface area (Å²) in [5, 5.41) is 18.1. The van der Waals surface area contributed by atoms with Gasteiger partial charge in [-0.05, 0) is 58.7 Å². The number of nitrogens with zero attached hydrogens (tertiary/aromatic N) is 4. The van der Waals surface area contributed by atoms with Gasteiger partial charge in [0, 0.05) is 35.1 Å². The average Bonchev–Trinajstić information content (AvgIpc) is 3.16. The zero-order chi connectivity index (χ0) is 21.5. The zero-order valence-corrected chi connectivity index (χ0v) is 17.6. The molecule has 0 bridgehead atoms. The van der Waals surface area contributed by atoms with Gasteiger partial charge >= 0.3 is 0 Å². The summed E-state index contributed by atoms with van der Waals surface area (Å²) in [5.74, 6) is -0.581. The lowest BCUT2D eigenvalue weighted by atomic mass is 9.79. The molecule has 156 valence electrons. The first-order valence-electron chi connectivity index (χ1n) is 9.96. The Kier molecular flexibility index (Phi) is 4.94. The molecule has 1 aromatic carbocycles. The number of phenolic OH excluding ortho intramolecular Hbond substituents is 1. The molecule has 0 atom stereocenters. The summed E-state index contributed by atoms with van der Waals surface area (Å²) in [7, 11) is 0. The lowest BCUT2D eigenvalue weighted by Gasteiger charge is -2.44. The zero-order valence-electron chi connectivity index (χ0n) is 17.6. The van der Waals surface area contributed by atoms with Crippen LogP contribution < -0.4 is 5.32 Å². The third-order valence-corrected chi connectivity index (χ3v) is 5.13. The minimum absolute atomic E-state index is 0.0145. The van der Waals surface area contributed by atoms with Crippen molar-refractivity contribution in [2.45, 2.75) is 51.6 Å². The average molecular weight is 407 g/mol. The molecule has 4 rings (SSSR count). The molecular weight excluding hydrogens is 381 g/mol. The van der Waals surface area contributed by atoms with Crippen molar-refractivity contribution in [1.29, 1.82) is 0 Å². The van der Waals surface area contributed by atoms with Gasteiger partial charge in [0.25, 0.3) is 0 Å². The molecule has 2 N–H and O–H groups in total. The van der Waals surface area contributed by atoms with E-state index in [0.717, 1.165) is 18.5 Å². The Hall–Kier alpha value is -3.06. The molecule has 6 nitrogen and oxygen atoms in total. The van der Waals surface area contributed by atoms with E-state index in [-0.39, 0.29) is 22.5 Å². The van der Waals surface area contributed by atoms with Crippen molar-refractivity contribution in [2.24, 2.45) is 0 Å². The maximum atomic E-state index is 14.6. The number of rotatable bonds is 3. The lowest BCUT2D eigenvalue weighted by Crippen LogP contribution is -2.55. The van der Waals surface area contributed by atoms with Gasteiger partial charge in [-0.25, -0.2) is 9.07 Å². The van der Waals surface area contributed by atoms with Crippen LogP contribution in [0.3, 0.4) is 0 Å². The molecular formula is C23H26FN5O. The Labute approximate surface area is 175 Å². The highest BCUT2D eigenvalue weighted by Crippen LogP contribution is 2.34. The number of halogens is 1. The number of nitrogens with one attached hydrogen (secondary N) is 1. The first kappa shape index (κ1) is 20.2. The first-order chi connectivity index (χ1) is 14.1. The van der Waals surface area contributed by atoms with Crippen molar-refractivity contribution < 1.29 is 9.50 Å². The summed E-state index contributed by atoms with van der Waals surface area (Å²) in [4.78, 5) is 8.89. The Morgan fingerprint density at radius 2 is 1.83 bits per heavy atom. The van der Waals surface area contributed by atoms with Crippen LogP contribution in [0, 0.1) is 5.82 Å². The van der Waals surface area contributed by atoms with E-state index in [0.29, 0.717) is 11.3 Å². The van der Waals surface area contributed by atoms with Crippen LogP contribution in [0.2, 0.25) is 0 Å². The monoisotopic (exact) mass is 407 g/mol. The third kappa shape index (κ3) is 4.26. The van der Waals surface area contributed by atoms with Crippen LogP contribution in [0.4, 0.5) is 4.39 Å². The molecule has 1 aliphatic rings. The van der Waals surface area contributed by atoms with E-state index in [2.05, 4.69) is 54.2 Å². The maximum absolute atomic E-state index is 14.6. The largest absolute Gasteiger partial charge is 0.507 e. The van der Waals surface area contributed by atoms with Crippen molar-refractivity contribution in [3.05, 3.63) is 60.1 Å². The van der Waals surface area contributed by atoms with E-state index in [9.17, 15) is 9.50 Å². The predicted molar refractivity (Wildman–Crippen MR) is 115 cm³/mol.